The highest BCUT2D eigenvalue weighted by Gasteiger charge is 2.39. The van der Waals surface area contributed by atoms with Gasteiger partial charge in [-0.15, -0.1) is 0 Å². The molecule has 0 spiro atoms. The topological polar surface area (TPSA) is 49.8 Å². The molecule has 0 radical (unpaired) electrons. The van der Waals surface area contributed by atoms with E-state index < -0.39 is 5.97 Å². The monoisotopic (exact) mass is 186 g/mol. The molecule has 0 saturated carbocycles. The molecule has 0 aromatic heterocycles. The second-order valence-corrected chi connectivity index (χ2v) is 3.66. The van der Waals surface area contributed by atoms with E-state index in [2.05, 4.69) is 6.92 Å². The Kier molecular flexibility index (Phi) is 4.22. The van der Waals surface area contributed by atoms with Crippen LogP contribution in [0, 0.1) is 0 Å². The van der Waals surface area contributed by atoms with Crippen LogP contribution in [-0.4, -0.2) is 23.3 Å². The fraction of sp³-hybridized carbons (Fsp3) is 0.900. The van der Waals surface area contributed by atoms with Crippen molar-refractivity contribution in [2.75, 3.05) is 0 Å². The maximum Gasteiger partial charge on any atom is 0.306 e. The normalized spacial score (nSPS) is 25.9. The Labute approximate surface area is 79.1 Å². The summed E-state index contributed by atoms with van der Waals surface area (Å²) < 4.78 is 5.23. The lowest BCUT2D eigenvalue weighted by Gasteiger charge is -1.95. The van der Waals surface area contributed by atoms with Crippen LogP contribution in [0.25, 0.3) is 0 Å². The first-order valence-corrected chi connectivity index (χ1v) is 5.11. The summed E-state index contributed by atoms with van der Waals surface area (Å²) in [4.78, 5) is 10.3. The van der Waals surface area contributed by atoms with Gasteiger partial charge in [0.2, 0.25) is 0 Å². The van der Waals surface area contributed by atoms with Crippen molar-refractivity contribution in [3.05, 3.63) is 0 Å². The zero-order chi connectivity index (χ0) is 9.68. The highest BCUT2D eigenvalue weighted by Crippen LogP contribution is 2.29. The number of hydrogen-bond acceptors (Lipinski definition) is 2. The third kappa shape index (κ3) is 4.27. The number of unbranched alkanes of at least 4 members (excludes halogenated alkanes) is 3. The molecule has 0 bridgehead atoms. The second-order valence-electron chi connectivity index (χ2n) is 3.66. The van der Waals surface area contributed by atoms with Crippen LogP contribution >= 0.6 is 0 Å². The van der Waals surface area contributed by atoms with Gasteiger partial charge in [0, 0.05) is 0 Å². The molecule has 3 nitrogen and oxygen atoms in total. The van der Waals surface area contributed by atoms with E-state index in [4.69, 9.17) is 9.84 Å². The van der Waals surface area contributed by atoms with Crippen LogP contribution in [-0.2, 0) is 9.53 Å². The van der Waals surface area contributed by atoms with Gasteiger partial charge >= 0.3 is 5.97 Å². The molecule has 2 atom stereocenters. The Hall–Kier alpha value is -0.570. The number of epoxide rings is 1. The van der Waals surface area contributed by atoms with Crippen LogP contribution in [0.15, 0.2) is 0 Å². The number of carboxylic acid groups (broad SMARTS) is 1. The molecular weight excluding hydrogens is 168 g/mol. The fourth-order valence-electron chi connectivity index (χ4n) is 1.56. The number of aliphatic carboxylic acids is 1. The summed E-state index contributed by atoms with van der Waals surface area (Å²) in [6.07, 6.45) is 6.41. The van der Waals surface area contributed by atoms with Crippen molar-refractivity contribution in [3.8, 4) is 0 Å². The van der Waals surface area contributed by atoms with E-state index in [-0.39, 0.29) is 18.6 Å². The van der Waals surface area contributed by atoms with Crippen LogP contribution in [0.1, 0.15) is 45.4 Å². The molecule has 1 aliphatic rings. The van der Waals surface area contributed by atoms with Gasteiger partial charge < -0.3 is 9.84 Å². The average molecular weight is 186 g/mol. The zero-order valence-electron chi connectivity index (χ0n) is 8.16. The Balaban J connectivity index is 1.92. The molecule has 0 aliphatic carbocycles. The predicted molar refractivity (Wildman–Crippen MR) is 49.7 cm³/mol. The van der Waals surface area contributed by atoms with Crippen molar-refractivity contribution < 1.29 is 14.6 Å². The van der Waals surface area contributed by atoms with Crippen molar-refractivity contribution in [1.82, 2.24) is 0 Å². The van der Waals surface area contributed by atoms with Crippen LogP contribution < -0.4 is 0 Å². The standard InChI is InChI=1S/C10H18O3/c1-2-3-4-5-6-8-9(13-8)7-10(11)12/h8-9H,2-7H2,1H3,(H,11,12). The molecule has 0 aromatic carbocycles. The molecule has 0 aromatic rings. The summed E-state index contributed by atoms with van der Waals surface area (Å²) >= 11 is 0. The van der Waals surface area contributed by atoms with Crippen molar-refractivity contribution >= 4 is 5.97 Å². The molecule has 1 saturated heterocycles. The Morgan fingerprint density at radius 3 is 2.69 bits per heavy atom. The van der Waals surface area contributed by atoms with Crippen LogP contribution in [0.3, 0.4) is 0 Å². The quantitative estimate of drug-likeness (QED) is 0.490. The van der Waals surface area contributed by atoms with Crippen LogP contribution in [0.2, 0.25) is 0 Å². The van der Waals surface area contributed by atoms with Crippen molar-refractivity contribution in [3.63, 3.8) is 0 Å². The molecule has 1 aliphatic heterocycles. The molecule has 1 N–H and O–H groups in total. The zero-order valence-corrected chi connectivity index (χ0v) is 8.16. The fourth-order valence-corrected chi connectivity index (χ4v) is 1.56. The first kappa shape index (κ1) is 10.5. The van der Waals surface area contributed by atoms with E-state index in [0.29, 0.717) is 0 Å². The highest BCUT2D eigenvalue weighted by molar-refractivity contribution is 5.67. The first-order chi connectivity index (χ1) is 6.24. The maximum atomic E-state index is 10.3. The maximum absolute atomic E-state index is 10.3. The third-order valence-electron chi connectivity index (χ3n) is 2.41. The van der Waals surface area contributed by atoms with Gasteiger partial charge in [-0.1, -0.05) is 32.6 Å². The summed E-state index contributed by atoms with van der Waals surface area (Å²) in [6, 6.07) is 0. The van der Waals surface area contributed by atoms with E-state index in [1.165, 1.54) is 25.7 Å². The van der Waals surface area contributed by atoms with Gasteiger partial charge in [-0.2, -0.15) is 0 Å². The molecule has 0 amide bonds. The minimum atomic E-state index is -0.749. The van der Waals surface area contributed by atoms with Gasteiger partial charge in [0.25, 0.3) is 0 Å². The van der Waals surface area contributed by atoms with Gasteiger partial charge in [0.05, 0.1) is 18.6 Å². The van der Waals surface area contributed by atoms with E-state index in [1.807, 2.05) is 0 Å². The minimum Gasteiger partial charge on any atom is -0.481 e. The smallest absolute Gasteiger partial charge is 0.306 e. The number of carboxylic acids is 1. The third-order valence-corrected chi connectivity index (χ3v) is 2.41. The van der Waals surface area contributed by atoms with E-state index in [9.17, 15) is 4.79 Å². The molecule has 1 heterocycles. The van der Waals surface area contributed by atoms with Gasteiger partial charge in [-0.3, -0.25) is 4.79 Å². The summed E-state index contributed by atoms with van der Waals surface area (Å²) in [5.41, 5.74) is 0. The number of carbonyl (C=O) groups is 1. The SMILES string of the molecule is CCCCCCC1OC1CC(=O)O. The lowest BCUT2D eigenvalue weighted by atomic mass is 10.1. The Morgan fingerprint density at radius 1 is 1.31 bits per heavy atom. The van der Waals surface area contributed by atoms with Crippen molar-refractivity contribution in [2.45, 2.75) is 57.7 Å². The number of ether oxygens (including phenoxy) is 1. The average Bonchev–Trinajstić information content (AvgIpc) is 2.76. The van der Waals surface area contributed by atoms with Gasteiger partial charge in [0.15, 0.2) is 0 Å². The summed E-state index contributed by atoms with van der Waals surface area (Å²) in [6.45, 7) is 2.18. The Bertz CT molecular complexity index is 168. The largest absolute Gasteiger partial charge is 0.481 e. The van der Waals surface area contributed by atoms with E-state index >= 15 is 0 Å². The first-order valence-electron chi connectivity index (χ1n) is 5.11. The lowest BCUT2D eigenvalue weighted by Crippen LogP contribution is -2.02. The van der Waals surface area contributed by atoms with Gasteiger partial charge in [0.1, 0.15) is 0 Å². The molecule has 1 rings (SSSR count). The number of hydrogen-bond donors (Lipinski definition) is 1. The summed E-state index contributed by atoms with van der Waals surface area (Å²) in [7, 11) is 0. The van der Waals surface area contributed by atoms with Crippen LogP contribution in [0.4, 0.5) is 0 Å². The van der Waals surface area contributed by atoms with Gasteiger partial charge in [-0.05, 0) is 6.42 Å². The van der Waals surface area contributed by atoms with Gasteiger partial charge in [-0.25, -0.2) is 0 Å². The molecule has 76 valence electrons. The minimum absolute atomic E-state index is 0.0131. The molecular formula is C10H18O3. The van der Waals surface area contributed by atoms with Crippen LogP contribution in [0.5, 0.6) is 0 Å². The van der Waals surface area contributed by atoms with E-state index in [1.54, 1.807) is 0 Å². The molecule has 1 fully saturated rings. The molecule has 3 heteroatoms. The predicted octanol–water partition coefficient (Wildman–Crippen LogP) is 2.20. The van der Waals surface area contributed by atoms with E-state index in [0.717, 1.165) is 6.42 Å². The lowest BCUT2D eigenvalue weighted by molar-refractivity contribution is -0.137. The number of rotatable bonds is 7. The second kappa shape index (κ2) is 5.22. The molecule has 2 unspecified atom stereocenters. The Morgan fingerprint density at radius 2 is 2.08 bits per heavy atom. The summed E-state index contributed by atoms with van der Waals surface area (Å²) in [5, 5.41) is 8.47. The van der Waals surface area contributed by atoms with Crippen molar-refractivity contribution in [2.24, 2.45) is 0 Å². The summed E-state index contributed by atoms with van der Waals surface area (Å²) in [5.74, 6) is -0.749. The molecule has 13 heavy (non-hydrogen) atoms. The van der Waals surface area contributed by atoms with Crippen molar-refractivity contribution in [1.29, 1.82) is 0 Å². The highest BCUT2D eigenvalue weighted by atomic mass is 16.6.